The second-order valence-corrected chi connectivity index (χ2v) is 13.0. The lowest BCUT2D eigenvalue weighted by Crippen LogP contribution is -2.18. The molecule has 0 saturated carbocycles. The maximum atomic E-state index is 5.27. The summed E-state index contributed by atoms with van der Waals surface area (Å²) in [5, 5.41) is 4.71. The number of hydrogen-bond acceptors (Lipinski definition) is 2. The van der Waals surface area contributed by atoms with Crippen molar-refractivity contribution in [3.63, 3.8) is 0 Å². The molecule has 2 nitrogen and oxygen atoms in total. The van der Waals surface area contributed by atoms with Crippen LogP contribution in [0.25, 0.3) is 11.1 Å². The zero-order chi connectivity index (χ0) is 38.0. The van der Waals surface area contributed by atoms with Crippen LogP contribution in [-0.2, 0) is 0 Å². The summed E-state index contributed by atoms with van der Waals surface area (Å²) in [6.07, 6.45) is 3.58. The van der Waals surface area contributed by atoms with Crippen LogP contribution in [0.15, 0.2) is 64.8 Å². The van der Waals surface area contributed by atoms with Gasteiger partial charge in [0.05, 0.1) is 6.54 Å². The lowest BCUT2D eigenvalue weighted by atomic mass is 9.84. The highest BCUT2D eigenvalue weighted by atomic mass is 31.1. The summed E-state index contributed by atoms with van der Waals surface area (Å²) >= 11 is 0. The van der Waals surface area contributed by atoms with Crippen LogP contribution < -0.4 is 10.6 Å². The first-order valence-electron chi connectivity index (χ1n) is 19.3. The van der Waals surface area contributed by atoms with Gasteiger partial charge in [-0.1, -0.05) is 164 Å². The first-order chi connectivity index (χ1) is 23.0. The van der Waals surface area contributed by atoms with E-state index in [-0.39, 0.29) is 0 Å². The van der Waals surface area contributed by atoms with E-state index in [1.54, 1.807) is 0 Å². The van der Waals surface area contributed by atoms with Crippen molar-refractivity contribution in [2.75, 3.05) is 19.3 Å². The summed E-state index contributed by atoms with van der Waals surface area (Å²) in [7, 11) is 0.849. The fourth-order valence-corrected chi connectivity index (χ4v) is 6.41. The summed E-state index contributed by atoms with van der Waals surface area (Å²) in [5.41, 5.74) is 14.9. The molecule has 1 fully saturated rings. The fraction of sp³-hybridized carbons (Fsp3) is 0.578. The van der Waals surface area contributed by atoms with Gasteiger partial charge in [-0.05, 0) is 99.9 Å². The molecule has 4 rings (SSSR count). The average molecular weight is 679 g/mol. The Labute approximate surface area is 303 Å². The minimum atomic E-state index is 0.371. The molecule has 2 heterocycles. The smallest absolute Gasteiger partial charge is 0.0603 e. The van der Waals surface area contributed by atoms with Crippen LogP contribution in [0.3, 0.4) is 0 Å². The predicted octanol–water partition coefficient (Wildman–Crippen LogP) is 13.9. The van der Waals surface area contributed by atoms with Crippen LogP contribution in [0.1, 0.15) is 151 Å². The van der Waals surface area contributed by atoms with Gasteiger partial charge in [0, 0.05) is 23.5 Å². The van der Waals surface area contributed by atoms with Crippen LogP contribution in [0.5, 0.6) is 0 Å². The highest BCUT2D eigenvalue weighted by molar-refractivity contribution is 7.47. The summed E-state index contributed by atoms with van der Waals surface area (Å²) in [6.45, 7) is 45.8. The number of nitrogens with one attached hydrogen (secondary N) is 1. The van der Waals surface area contributed by atoms with Gasteiger partial charge in [-0.2, -0.15) is 0 Å². The standard InChI is InChI=1S/C29H38NP.C6H11N.5C2H6/c1-18(2)23(8)17-30-28(19(3)4)27-25(24-11-9-20(5)10-12-24)13-14-31-29-22(7)15-21(6)16-26(27)29;1-5-3-4-7-6(5)2;5*1-2/h9-12,15-16,19,31H,13-14,17H2,1-8H3;5,7H,2-4H2,1H3;5*1-2H3. The van der Waals surface area contributed by atoms with Gasteiger partial charge in [0.1, 0.15) is 0 Å². The lowest BCUT2D eigenvalue weighted by molar-refractivity contribution is 0.719. The van der Waals surface area contributed by atoms with Crippen LogP contribution in [-0.4, -0.2) is 25.0 Å². The number of rotatable bonds is 5. The Morgan fingerprint density at radius 1 is 0.854 bits per heavy atom. The third-order valence-electron chi connectivity index (χ3n) is 7.80. The van der Waals surface area contributed by atoms with Crippen LogP contribution in [0.4, 0.5) is 0 Å². The van der Waals surface area contributed by atoms with Crippen molar-refractivity contribution >= 4 is 30.7 Å². The number of nitrogens with zero attached hydrogens (tertiary/aromatic N) is 1. The molecule has 0 aliphatic carbocycles. The van der Waals surface area contributed by atoms with Gasteiger partial charge >= 0.3 is 0 Å². The SMILES string of the molecule is C=C1NCCC1C.CC.CC.CC.CC.CC.CC(C)=C(C)CN=C(C1=C(c2ccc(C)cc2)CCPc2c(C)cc(C)cc21)C(C)C. The van der Waals surface area contributed by atoms with E-state index in [0.29, 0.717) is 11.8 Å². The van der Waals surface area contributed by atoms with Crippen molar-refractivity contribution in [3.8, 4) is 0 Å². The Kier molecular flexibility index (Phi) is 30.7. The lowest BCUT2D eigenvalue weighted by Gasteiger charge is -2.22. The molecule has 2 aliphatic rings. The maximum Gasteiger partial charge on any atom is 0.0603 e. The predicted molar refractivity (Wildman–Crippen MR) is 230 cm³/mol. The van der Waals surface area contributed by atoms with Gasteiger partial charge in [0.25, 0.3) is 0 Å². The largest absolute Gasteiger partial charge is 0.389 e. The molecule has 2 unspecified atom stereocenters. The molecule has 2 atom stereocenters. The second-order valence-electron chi connectivity index (χ2n) is 11.7. The second kappa shape index (κ2) is 29.5. The van der Waals surface area contributed by atoms with Gasteiger partial charge in [-0.3, -0.25) is 4.99 Å². The first-order valence-corrected chi connectivity index (χ1v) is 20.5. The summed E-state index contributed by atoms with van der Waals surface area (Å²) < 4.78 is 0. The molecule has 0 spiro atoms. The molecule has 2 aromatic rings. The van der Waals surface area contributed by atoms with Crippen molar-refractivity contribution in [2.45, 2.75) is 144 Å². The summed E-state index contributed by atoms with van der Waals surface area (Å²) in [6, 6.07) is 13.9. The summed E-state index contributed by atoms with van der Waals surface area (Å²) in [4.78, 5) is 5.27. The van der Waals surface area contributed by atoms with Crippen LogP contribution in [0.2, 0.25) is 0 Å². The molecule has 274 valence electrons. The molecule has 0 radical (unpaired) electrons. The number of fused-ring (bicyclic) bond motifs is 1. The third kappa shape index (κ3) is 16.8. The number of aliphatic imine (C=N–C) groups is 1. The van der Waals surface area contributed by atoms with E-state index in [2.05, 4.69) is 111 Å². The molecular weight excluding hydrogens is 599 g/mol. The summed E-state index contributed by atoms with van der Waals surface area (Å²) in [5.74, 6) is 1.08. The van der Waals surface area contributed by atoms with Crippen molar-refractivity contribution in [3.05, 3.63) is 87.6 Å². The zero-order valence-electron chi connectivity index (χ0n) is 35.3. The number of allylic oxidation sites excluding steroid dienone is 4. The van der Waals surface area contributed by atoms with Crippen molar-refractivity contribution in [1.29, 1.82) is 0 Å². The topological polar surface area (TPSA) is 24.4 Å². The van der Waals surface area contributed by atoms with Crippen molar-refractivity contribution < 1.29 is 0 Å². The molecule has 48 heavy (non-hydrogen) atoms. The molecular formula is C45H79N2P. The average Bonchev–Trinajstić information content (AvgIpc) is 3.38. The third-order valence-corrected chi connectivity index (χ3v) is 9.31. The molecule has 2 aliphatic heterocycles. The van der Waals surface area contributed by atoms with Crippen molar-refractivity contribution in [2.24, 2.45) is 16.8 Å². The minimum Gasteiger partial charge on any atom is -0.389 e. The monoisotopic (exact) mass is 679 g/mol. The number of hydrogen-bond donors (Lipinski definition) is 1. The number of aryl methyl sites for hydroxylation is 3. The van der Waals surface area contributed by atoms with Gasteiger partial charge in [0.2, 0.25) is 0 Å². The molecule has 0 aromatic heterocycles. The molecule has 3 heteroatoms. The first kappa shape index (κ1) is 49.9. The van der Waals surface area contributed by atoms with Crippen LogP contribution >= 0.6 is 8.58 Å². The molecule has 0 bridgehead atoms. The Bertz CT molecular complexity index is 1240. The Morgan fingerprint density at radius 3 is 1.81 bits per heavy atom. The molecule has 2 aromatic carbocycles. The zero-order valence-corrected chi connectivity index (χ0v) is 36.3. The van der Waals surface area contributed by atoms with Crippen molar-refractivity contribution in [1.82, 2.24) is 5.32 Å². The van der Waals surface area contributed by atoms with Gasteiger partial charge < -0.3 is 5.32 Å². The van der Waals surface area contributed by atoms with Gasteiger partial charge in [-0.15, -0.1) is 0 Å². The quantitative estimate of drug-likeness (QED) is 0.190. The van der Waals surface area contributed by atoms with E-state index in [9.17, 15) is 0 Å². The highest BCUT2D eigenvalue weighted by Gasteiger charge is 2.25. The molecule has 1 N–H and O–H groups in total. The normalized spacial score (nSPS) is 15.0. The van der Waals surface area contributed by atoms with E-state index in [0.717, 1.165) is 28.1 Å². The molecule has 0 amide bonds. The highest BCUT2D eigenvalue weighted by Crippen LogP contribution is 2.39. The van der Waals surface area contributed by atoms with Gasteiger partial charge in [0.15, 0.2) is 0 Å². The van der Waals surface area contributed by atoms with E-state index < -0.39 is 0 Å². The van der Waals surface area contributed by atoms with E-state index in [1.165, 1.54) is 79.4 Å². The van der Waals surface area contributed by atoms with E-state index in [4.69, 9.17) is 4.99 Å². The van der Waals surface area contributed by atoms with Crippen LogP contribution in [0, 0.1) is 32.6 Å². The van der Waals surface area contributed by atoms with Gasteiger partial charge in [-0.25, -0.2) is 0 Å². The molecule has 1 saturated heterocycles. The Hall–Kier alpha value is -2.44. The van der Waals surface area contributed by atoms with E-state index >= 15 is 0 Å². The maximum absolute atomic E-state index is 5.27. The minimum absolute atomic E-state index is 0.371. The fourth-order valence-electron chi connectivity index (χ4n) is 5.05. The Morgan fingerprint density at radius 2 is 1.40 bits per heavy atom. The number of benzene rings is 2. The van der Waals surface area contributed by atoms with E-state index in [1.807, 2.05) is 69.2 Å². The Balaban J connectivity index is -0.000000999.